The van der Waals surface area contributed by atoms with Gasteiger partial charge in [-0.25, -0.2) is 9.78 Å². The van der Waals surface area contributed by atoms with E-state index in [0.717, 1.165) is 0 Å². The first kappa shape index (κ1) is 18.3. The number of hydrogen-bond acceptors (Lipinski definition) is 6. The lowest BCUT2D eigenvalue weighted by atomic mass is 10.0. The van der Waals surface area contributed by atoms with Crippen LogP contribution in [0.4, 0.5) is 0 Å². The number of hydrogen-bond donors (Lipinski definition) is 1. The first-order valence-electron chi connectivity index (χ1n) is 8.05. The van der Waals surface area contributed by atoms with E-state index in [9.17, 15) is 9.90 Å². The predicted molar refractivity (Wildman–Crippen MR) is 100 cm³/mol. The molecule has 7 heteroatoms. The number of pyridine rings is 1. The standard InChI is InChI=1S/C20H19NO6/c1-24-15-7-5-6-12-13(20(22)23)10-14(21-18(12)15)11-8-16(25-2)19(27-4)17(9-11)26-3/h5-10H,1-4H3,(H,22,23). The van der Waals surface area contributed by atoms with Crippen LogP contribution < -0.4 is 18.9 Å². The van der Waals surface area contributed by atoms with Crippen molar-refractivity contribution in [2.75, 3.05) is 28.4 Å². The maximum absolute atomic E-state index is 11.8. The molecule has 1 heterocycles. The molecule has 0 spiro atoms. The fourth-order valence-corrected chi connectivity index (χ4v) is 2.94. The summed E-state index contributed by atoms with van der Waals surface area (Å²) >= 11 is 0. The number of carboxylic acids is 1. The van der Waals surface area contributed by atoms with Crippen LogP contribution in [0.5, 0.6) is 23.0 Å². The van der Waals surface area contributed by atoms with Gasteiger partial charge >= 0.3 is 5.97 Å². The molecule has 1 aromatic heterocycles. The summed E-state index contributed by atoms with van der Waals surface area (Å²) in [5.41, 5.74) is 1.66. The lowest BCUT2D eigenvalue weighted by molar-refractivity contribution is 0.0699. The van der Waals surface area contributed by atoms with Crippen LogP contribution in [-0.4, -0.2) is 44.5 Å². The monoisotopic (exact) mass is 369 g/mol. The van der Waals surface area contributed by atoms with Crippen LogP contribution in [0, 0.1) is 0 Å². The van der Waals surface area contributed by atoms with E-state index in [0.29, 0.717) is 45.2 Å². The van der Waals surface area contributed by atoms with Gasteiger partial charge in [0.15, 0.2) is 11.5 Å². The quantitative estimate of drug-likeness (QED) is 0.710. The van der Waals surface area contributed by atoms with Gasteiger partial charge in [-0.3, -0.25) is 0 Å². The minimum atomic E-state index is -1.05. The van der Waals surface area contributed by atoms with Gasteiger partial charge in [-0.2, -0.15) is 0 Å². The van der Waals surface area contributed by atoms with Gasteiger partial charge in [0.05, 0.1) is 39.7 Å². The first-order valence-corrected chi connectivity index (χ1v) is 8.05. The lowest BCUT2D eigenvalue weighted by Crippen LogP contribution is -2.02. The molecule has 0 aliphatic carbocycles. The molecule has 7 nitrogen and oxygen atoms in total. The molecular weight excluding hydrogens is 350 g/mol. The second kappa shape index (κ2) is 7.41. The van der Waals surface area contributed by atoms with Crippen LogP contribution in [0.3, 0.4) is 0 Å². The number of carboxylic acid groups (broad SMARTS) is 1. The summed E-state index contributed by atoms with van der Waals surface area (Å²) in [6, 6.07) is 10.1. The molecule has 0 aliphatic rings. The van der Waals surface area contributed by atoms with Crippen molar-refractivity contribution in [2.24, 2.45) is 0 Å². The molecule has 3 aromatic rings. The number of nitrogens with zero attached hydrogens (tertiary/aromatic N) is 1. The van der Waals surface area contributed by atoms with Crippen LogP contribution >= 0.6 is 0 Å². The van der Waals surface area contributed by atoms with Crippen molar-refractivity contribution >= 4 is 16.9 Å². The Hall–Kier alpha value is -3.48. The number of methoxy groups -OCH3 is 4. The summed E-state index contributed by atoms with van der Waals surface area (Å²) in [4.78, 5) is 16.4. The average Bonchev–Trinajstić information content (AvgIpc) is 2.70. The third-order valence-electron chi connectivity index (χ3n) is 4.21. The number of carbonyl (C=O) groups is 1. The Labute approximate surface area is 156 Å². The van der Waals surface area contributed by atoms with Gasteiger partial charge in [-0.15, -0.1) is 0 Å². The highest BCUT2D eigenvalue weighted by Crippen LogP contribution is 2.41. The topological polar surface area (TPSA) is 87.1 Å². The minimum Gasteiger partial charge on any atom is -0.494 e. The predicted octanol–water partition coefficient (Wildman–Crippen LogP) is 3.63. The Morgan fingerprint density at radius 1 is 0.889 bits per heavy atom. The van der Waals surface area contributed by atoms with Crippen molar-refractivity contribution in [2.45, 2.75) is 0 Å². The zero-order valence-corrected chi connectivity index (χ0v) is 15.4. The van der Waals surface area contributed by atoms with Crippen molar-refractivity contribution in [1.29, 1.82) is 0 Å². The molecule has 0 radical (unpaired) electrons. The summed E-state index contributed by atoms with van der Waals surface area (Å²) in [5, 5.41) is 10.2. The minimum absolute atomic E-state index is 0.127. The fourth-order valence-electron chi connectivity index (χ4n) is 2.94. The van der Waals surface area contributed by atoms with Gasteiger partial charge < -0.3 is 24.1 Å². The number of rotatable bonds is 6. The summed E-state index contributed by atoms with van der Waals surface area (Å²) in [7, 11) is 6.06. The Morgan fingerprint density at radius 2 is 1.52 bits per heavy atom. The maximum atomic E-state index is 11.8. The van der Waals surface area contributed by atoms with Gasteiger partial charge in [0, 0.05) is 10.9 Å². The van der Waals surface area contributed by atoms with Crippen LogP contribution in [0.2, 0.25) is 0 Å². The largest absolute Gasteiger partial charge is 0.494 e. The summed E-state index contributed by atoms with van der Waals surface area (Å²) in [5.74, 6) is 0.783. The molecule has 0 atom stereocenters. The van der Waals surface area contributed by atoms with E-state index >= 15 is 0 Å². The molecule has 0 bridgehead atoms. The average molecular weight is 369 g/mol. The third-order valence-corrected chi connectivity index (χ3v) is 4.21. The number of fused-ring (bicyclic) bond motifs is 1. The Kier molecular flexibility index (Phi) is 5.03. The third kappa shape index (κ3) is 3.19. The maximum Gasteiger partial charge on any atom is 0.336 e. The number of aromatic carboxylic acids is 1. The molecule has 1 N–H and O–H groups in total. The molecule has 3 rings (SSSR count). The Balaban J connectivity index is 2.33. The van der Waals surface area contributed by atoms with E-state index in [-0.39, 0.29) is 5.56 Å². The second-order valence-corrected chi connectivity index (χ2v) is 5.63. The Morgan fingerprint density at radius 3 is 2.04 bits per heavy atom. The molecule has 0 unspecified atom stereocenters. The Bertz CT molecular complexity index is 990. The van der Waals surface area contributed by atoms with Gasteiger partial charge in [-0.1, -0.05) is 12.1 Å². The first-order chi connectivity index (χ1) is 13.0. The lowest BCUT2D eigenvalue weighted by Gasteiger charge is -2.15. The summed E-state index contributed by atoms with van der Waals surface area (Å²) < 4.78 is 21.4. The zero-order chi connectivity index (χ0) is 19.6. The van der Waals surface area contributed by atoms with E-state index in [1.54, 1.807) is 30.3 Å². The number of ether oxygens (including phenoxy) is 4. The number of para-hydroxylation sites is 1. The number of benzene rings is 2. The SMILES string of the molecule is COc1cc(-c2cc(C(=O)O)c3cccc(OC)c3n2)cc(OC)c1OC. The van der Waals surface area contributed by atoms with E-state index in [4.69, 9.17) is 18.9 Å². The molecule has 27 heavy (non-hydrogen) atoms. The molecular formula is C20H19NO6. The van der Waals surface area contributed by atoms with Crippen LogP contribution in [0.1, 0.15) is 10.4 Å². The number of aromatic nitrogens is 1. The highest BCUT2D eigenvalue weighted by molar-refractivity contribution is 6.05. The van der Waals surface area contributed by atoms with E-state index in [1.165, 1.54) is 34.5 Å². The second-order valence-electron chi connectivity index (χ2n) is 5.63. The van der Waals surface area contributed by atoms with Crippen LogP contribution in [0.25, 0.3) is 22.2 Å². The summed E-state index contributed by atoms with van der Waals surface area (Å²) in [6.45, 7) is 0. The van der Waals surface area contributed by atoms with Gasteiger partial charge in [0.2, 0.25) is 5.75 Å². The normalized spacial score (nSPS) is 10.5. The highest BCUT2D eigenvalue weighted by Gasteiger charge is 2.19. The fraction of sp³-hybridized carbons (Fsp3) is 0.200. The molecule has 140 valence electrons. The van der Waals surface area contributed by atoms with E-state index in [2.05, 4.69) is 4.98 Å². The smallest absolute Gasteiger partial charge is 0.336 e. The van der Waals surface area contributed by atoms with Gasteiger partial charge in [0.25, 0.3) is 0 Å². The van der Waals surface area contributed by atoms with Crippen molar-refractivity contribution in [3.8, 4) is 34.3 Å². The molecule has 0 saturated carbocycles. The van der Waals surface area contributed by atoms with Crippen LogP contribution in [0.15, 0.2) is 36.4 Å². The van der Waals surface area contributed by atoms with Crippen LogP contribution in [-0.2, 0) is 0 Å². The van der Waals surface area contributed by atoms with E-state index < -0.39 is 5.97 Å². The zero-order valence-electron chi connectivity index (χ0n) is 15.4. The van der Waals surface area contributed by atoms with Gasteiger partial charge in [-0.05, 0) is 24.3 Å². The van der Waals surface area contributed by atoms with Gasteiger partial charge in [0.1, 0.15) is 11.3 Å². The molecule has 0 amide bonds. The van der Waals surface area contributed by atoms with Crippen molar-refractivity contribution in [3.63, 3.8) is 0 Å². The highest BCUT2D eigenvalue weighted by atomic mass is 16.5. The van der Waals surface area contributed by atoms with Crippen molar-refractivity contribution in [1.82, 2.24) is 4.98 Å². The molecule has 0 fully saturated rings. The van der Waals surface area contributed by atoms with Crippen molar-refractivity contribution in [3.05, 3.63) is 42.0 Å². The molecule has 2 aromatic carbocycles. The summed E-state index contributed by atoms with van der Waals surface area (Å²) in [6.07, 6.45) is 0. The van der Waals surface area contributed by atoms with E-state index in [1.807, 2.05) is 0 Å². The molecule has 0 aliphatic heterocycles. The van der Waals surface area contributed by atoms with Crippen molar-refractivity contribution < 1.29 is 28.8 Å². The molecule has 0 saturated heterocycles.